The summed E-state index contributed by atoms with van der Waals surface area (Å²) < 4.78 is 0. The average Bonchev–Trinajstić information content (AvgIpc) is 2.29. The van der Waals surface area contributed by atoms with Gasteiger partial charge in [-0.2, -0.15) is 0 Å². The summed E-state index contributed by atoms with van der Waals surface area (Å²) in [5, 5.41) is 3.29. The molecule has 16 heavy (non-hydrogen) atoms. The lowest BCUT2D eigenvalue weighted by atomic mass is 10.3. The van der Waals surface area contributed by atoms with E-state index in [2.05, 4.69) is 29.2 Å². The molecule has 0 aromatic heterocycles. The topological polar surface area (TPSA) is 70.5 Å². The second kappa shape index (κ2) is 11.3. The van der Waals surface area contributed by atoms with Gasteiger partial charge in [-0.3, -0.25) is 4.90 Å². The van der Waals surface area contributed by atoms with Crippen LogP contribution < -0.4 is 16.8 Å². The molecule has 1 rings (SSSR count). The van der Waals surface area contributed by atoms with E-state index in [1.165, 1.54) is 0 Å². The van der Waals surface area contributed by atoms with Gasteiger partial charge in [0.05, 0.1) is 0 Å². The Labute approximate surface area is 100 Å². The van der Waals surface area contributed by atoms with Crippen LogP contribution in [0.25, 0.3) is 0 Å². The molecular formula is C11H29N5. The Bertz CT molecular complexity index is 132. The molecule has 1 aliphatic heterocycles. The molecule has 0 unspecified atom stereocenters. The first kappa shape index (κ1) is 15.8. The lowest BCUT2D eigenvalue weighted by molar-refractivity contribution is 0.247. The van der Waals surface area contributed by atoms with Crippen LogP contribution >= 0.6 is 0 Å². The lowest BCUT2D eigenvalue weighted by Crippen LogP contribution is -2.45. The van der Waals surface area contributed by atoms with Gasteiger partial charge in [-0.05, 0) is 33.6 Å². The van der Waals surface area contributed by atoms with Crippen LogP contribution in [0.4, 0.5) is 0 Å². The Hall–Kier alpha value is -0.200. The molecule has 1 heterocycles. The Kier molecular flexibility index (Phi) is 11.1. The number of rotatable bonds is 5. The quantitative estimate of drug-likeness (QED) is 0.551. The summed E-state index contributed by atoms with van der Waals surface area (Å²) in [4.78, 5) is 4.52. The third-order valence-electron chi connectivity index (χ3n) is 2.46. The van der Waals surface area contributed by atoms with E-state index in [9.17, 15) is 0 Å². The van der Waals surface area contributed by atoms with E-state index < -0.39 is 0 Å². The van der Waals surface area contributed by atoms with Gasteiger partial charge < -0.3 is 21.7 Å². The number of nitrogens with two attached hydrogens (primary N) is 2. The molecule has 0 amide bonds. The van der Waals surface area contributed by atoms with Crippen molar-refractivity contribution in [3.05, 3.63) is 0 Å². The zero-order valence-electron chi connectivity index (χ0n) is 10.9. The maximum absolute atomic E-state index is 5.40. The van der Waals surface area contributed by atoms with E-state index in [0.29, 0.717) is 0 Å². The third-order valence-corrected chi connectivity index (χ3v) is 2.46. The standard InChI is InChI=1S/C6H15N3.C5H14N2/c7-1-4-9-5-2-8-3-6-9;1-7(2)5-3-4-6/h8H,1-7H2;3-6H2,1-2H3. The molecule has 5 heteroatoms. The maximum atomic E-state index is 5.40. The van der Waals surface area contributed by atoms with Crippen molar-refractivity contribution >= 4 is 0 Å². The third kappa shape index (κ3) is 10.3. The number of nitrogens with zero attached hydrogens (tertiary/aromatic N) is 2. The fraction of sp³-hybridized carbons (Fsp3) is 1.00. The monoisotopic (exact) mass is 231 g/mol. The first-order valence-electron chi connectivity index (χ1n) is 6.18. The summed E-state index contributed by atoms with van der Waals surface area (Å²) in [5.41, 5.74) is 10.6. The molecule has 0 aromatic rings. The van der Waals surface area contributed by atoms with Gasteiger partial charge in [0.15, 0.2) is 0 Å². The van der Waals surface area contributed by atoms with Crippen LogP contribution in [-0.2, 0) is 0 Å². The highest BCUT2D eigenvalue weighted by molar-refractivity contribution is 4.66. The summed E-state index contributed by atoms with van der Waals surface area (Å²) in [6.45, 7) is 8.34. The van der Waals surface area contributed by atoms with Crippen LogP contribution in [0.1, 0.15) is 6.42 Å². The molecule has 0 radical (unpaired) electrons. The molecule has 0 saturated carbocycles. The van der Waals surface area contributed by atoms with Crippen molar-refractivity contribution in [2.75, 3.05) is 66.5 Å². The molecule has 1 aliphatic rings. The fourth-order valence-corrected chi connectivity index (χ4v) is 1.52. The van der Waals surface area contributed by atoms with E-state index in [1.54, 1.807) is 0 Å². The summed E-state index contributed by atoms with van der Waals surface area (Å²) in [7, 11) is 4.10. The Morgan fingerprint density at radius 1 is 1.12 bits per heavy atom. The maximum Gasteiger partial charge on any atom is 0.0108 e. The van der Waals surface area contributed by atoms with E-state index in [4.69, 9.17) is 11.5 Å². The van der Waals surface area contributed by atoms with Crippen molar-refractivity contribution in [3.63, 3.8) is 0 Å². The van der Waals surface area contributed by atoms with Crippen LogP contribution in [0.2, 0.25) is 0 Å². The number of piperazine rings is 1. The molecule has 0 bridgehead atoms. The van der Waals surface area contributed by atoms with Crippen molar-refractivity contribution in [2.24, 2.45) is 11.5 Å². The molecule has 0 aromatic carbocycles. The smallest absolute Gasteiger partial charge is 0.0108 e. The van der Waals surface area contributed by atoms with Crippen LogP contribution in [0, 0.1) is 0 Å². The normalized spacial score (nSPS) is 17.1. The second-order valence-corrected chi connectivity index (χ2v) is 4.33. The highest BCUT2D eigenvalue weighted by atomic mass is 15.2. The summed E-state index contributed by atoms with van der Waals surface area (Å²) in [6.07, 6.45) is 1.10. The minimum atomic E-state index is 0.792. The minimum absolute atomic E-state index is 0.792. The van der Waals surface area contributed by atoms with Crippen molar-refractivity contribution in [3.8, 4) is 0 Å². The minimum Gasteiger partial charge on any atom is -0.330 e. The van der Waals surface area contributed by atoms with Gasteiger partial charge >= 0.3 is 0 Å². The molecule has 1 saturated heterocycles. The van der Waals surface area contributed by atoms with Crippen molar-refractivity contribution in [1.29, 1.82) is 0 Å². The molecule has 0 atom stereocenters. The summed E-state index contributed by atoms with van der Waals surface area (Å²) in [5.74, 6) is 0. The highest BCUT2D eigenvalue weighted by Crippen LogP contribution is 1.88. The van der Waals surface area contributed by atoms with Gasteiger partial charge in [-0.15, -0.1) is 0 Å². The molecule has 0 aliphatic carbocycles. The first-order chi connectivity index (χ1) is 7.70. The van der Waals surface area contributed by atoms with E-state index in [-0.39, 0.29) is 0 Å². The molecule has 0 spiro atoms. The predicted molar refractivity (Wildman–Crippen MR) is 70.6 cm³/mol. The van der Waals surface area contributed by atoms with Crippen molar-refractivity contribution in [1.82, 2.24) is 15.1 Å². The SMILES string of the molecule is CN(C)CCCN.NCCN1CCNCC1. The molecule has 1 fully saturated rings. The van der Waals surface area contributed by atoms with Gasteiger partial charge in [-0.1, -0.05) is 0 Å². The zero-order chi connectivity index (χ0) is 12.2. The van der Waals surface area contributed by atoms with Crippen LogP contribution in [0.3, 0.4) is 0 Å². The van der Waals surface area contributed by atoms with E-state index in [0.717, 1.165) is 58.8 Å². The van der Waals surface area contributed by atoms with E-state index in [1.807, 2.05) is 0 Å². The number of hydrogen-bond acceptors (Lipinski definition) is 5. The molecule has 5 N–H and O–H groups in total. The zero-order valence-corrected chi connectivity index (χ0v) is 10.9. The Morgan fingerprint density at radius 2 is 1.75 bits per heavy atom. The van der Waals surface area contributed by atoms with Gasteiger partial charge in [0.25, 0.3) is 0 Å². The van der Waals surface area contributed by atoms with Crippen LogP contribution in [0.5, 0.6) is 0 Å². The molecule has 98 valence electrons. The highest BCUT2D eigenvalue weighted by Gasteiger charge is 2.06. The second-order valence-electron chi connectivity index (χ2n) is 4.33. The van der Waals surface area contributed by atoms with Crippen molar-refractivity contribution < 1.29 is 0 Å². The van der Waals surface area contributed by atoms with E-state index >= 15 is 0 Å². The number of hydrogen-bond donors (Lipinski definition) is 3. The first-order valence-corrected chi connectivity index (χ1v) is 6.18. The largest absolute Gasteiger partial charge is 0.330 e. The van der Waals surface area contributed by atoms with Crippen LogP contribution in [0.15, 0.2) is 0 Å². The van der Waals surface area contributed by atoms with Crippen molar-refractivity contribution in [2.45, 2.75) is 6.42 Å². The van der Waals surface area contributed by atoms with Crippen LogP contribution in [-0.4, -0.2) is 76.3 Å². The Balaban J connectivity index is 0.000000293. The summed E-state index contributed by atoms with van der Waals surface area (Å²) in [6, 6.07) is 0. The number of nitrogens with one attached hydrogen (secondary N) is 1. The molecular weight excluding hydrogens is 202 g/mol. The summed E-state index contributed by atoms with van der Waals surface area (Å²) >= 11 is 0. The van der Waals surface area contributed by atoms with Gasteiger partial charge in [0.1, 0.15) is 0 Å². The molecule has 5 nitrogen and oxygen atoms in total. The van der Waals surface area contributed by atoms with Gasteiger partial charge in [0, 0.05) is 39.3 Å². The van der Waals surface area contributed by atoms with Gasteiger partial charge in [-0.25, -0.2) is 0 Å². The fourth-order valence-electron chi connectivity index (χ4n) is 1.52. The van der Waals surface area contributed by atoms with Gasteiger partial charge in [0.2, 0.25) is 0 Å². The average molecular weight is 231 g/mol. The Morgan fingerprint density at radius 3 is 2.12 bits per heavy atom. The lowest BCUT2D eigenvalue weighted by Gasteiger charge is -2.26. The predicted octanol–water partition coefficient (Wildman–Crippen LogP) is -1.25.